The second-order valence-electron chi connectivity index (χ2n) is 9.07. The molecule has 1 saturated heterocycles. The number of carbonyl (C=O) groups is 1. The molecule has 164 valence electrons. The van der Waals surface area contributed by atoms with E-state index in [9.17, 15) is 9.18 Å². The fourth-order valence-corrected chi connectivity index (χ4v) is 3.87. The van der Waals surface area contributed by atoms with Crippen LogP contribution in [-0.4, -0.2) is 72.2 Å². The maximum absolute atomic E-state index is 14.0. The van der Waals surface area contributed by atoms with Crippen LogP contribution in [0.1, 0.15) is 52.6 Å². The zero-order valence-electron chi connectivity index (χ0n) is 18.5. The SMILES string of the molecule is CC(C)N1CCN([C@H](CCN(C)C(=O)OC(C)(C)C)c2cc(F)cc(Cl)c2)CC1. The number of benzene rings is 1. The number of nitrogens with zero attached hydrogens (tertiary/aromatic N) is 3. The Morgan fingerprint density at radius 2 is 1.76 bits per heavy atom. The largest absolute Gasteiger partial charge is 0.444 e. The van der Waals surface area contributed by atoms with Gasteiger partial charge >= 0.3 is 6.09 Å². The quantitative estimate of drug-likeness (QED) is 0.653. The summed E-state index contributed by atoms with van der Waals surface area (Å²) < 4.78 is 19.5. The van der Waals surface area contributed by atoms with Gasteiger partial charge in [-0.2, -0.15) is 0 Å². The number of hydrogen-bond acceptors (Lipinski definition) is 4. The predicted octanol–water partition coefficient (Wildman–Crippen LogP) is 4.80. The normalized spacial score (nSPS) is 17.4. The first kappa shape index (κ1) is 23.9. The van der Waals surface area contributed by atoms with Crippen LogP contribution in [0.25, 0.3) is 0 Å². The van der Waals surface area contributed by atoms with E-state index in [4.69, 9.17) is 16.3 Å². The van der Waals surface area contributed by atoms with Gasteiger partial charge in [-0.3, -0.25) is 9.80 Å². The number of carbonyl (C=O) groups excluding carboxylic acids is 1. The maximum atomic E-state index is 14.0. The summed E-state index contributed by atoms with van der Waals surface area (Å²) in [6.45, 7) is 14.2. The molecule has 1 amide bonds. The first-order valence-electron chi connectivity index (χ1n) is 10.3. The van der Waals surface area contributed by atoms with Gasteiger partial charge < -0.3 is 9.64 Å². The van der Waals surface area contributed by atoms with E-state index in [1.165, 1.54) is 6.07 Å². The molecular formula is C22H35ClFN3O2. The predicted molar refractivity (Wildman–Crippen MR) is 116 cm³/mol. The average molecular weight is 428 g/mol. The van der Waals surface area contributed by atoms with Crippen molar-refractivity contribution in [2.24, 2.45) is 0 Å². The van der Waals surface area contributed by atoms with Crippen molar-refractivity contribution >= 4 is 17.7 Å². The van der Waals surface area contributed by atoms with Crippen molar-refractivity contribution in [2.75, 3.05) is 39.8 Å². The van der Waals surface area contributed by atoms with Crippen molar-refractivity contribution in [1.82, 2.24) is 14.7 Å². The van der Waals surface area contributed by atoms with Gasteiger partial charge in [0, 0.05) is 56.9 Å². The summed E-state index contributed by atoms with van der Waals surface area (Å²) in [6, 6.07) is 5.21. The zero-order valence-corrected chi connectivity index (χ0v) is 19.3. The van der Waals surface area contributed by atoms with Gasteiger partial charge in [-0.25, -0.2) is 9.18 Å². The lowest BCUT2D eigenvalue weighted by atomic mass is 10.00. The number of ether oxygens (including phenoxy) is 1. The molecule has 0 spiro atoms. The van der Waals surface area contributed by atoms with Gasteiger partial charge in [-0.05, 0) is 64.8 Å². The lowest BCUT2D eigenvalue weighted by molar-refractivity contribution is 0.0264. The third-order valence-corrected chi connectivity index (χ3v) is 5.45. The summed E-state index contributed by atoms with van der Waals surface area (Å²) in [7, 11) is 1.74. The summed E-state index contributed by atoms with van der Waals surface area (Å²) in [6.07, 6.45) is 0.329. The van der Waals surface area contributed by atoms with Gasteiger partial charge in [-0.15, -0.1) is 0 Å². The molecule has 1 heterocycles. The summed E-state index contributed by atoms with van der Waals surface area (Å²) in [4.78, 5) is 18.7. The second kappa shape index (κ2) is 10.1. The van der Waals surface area contributed by atoms with E-state index in [0.29, 0.717) is 24.0 Å². The minimum absolute atomic E-state index is 0.0117. The fourth-order valence-electron chi connectivity index (χ4n) is 3.64. The monoisotopic (exact) mass is 427 g/mol. The van der Waals surface area contributed by atoms with Gasteiger partial charge in [0.15, 0.2) is 0 Å². The molecule has 0 saturated carbocycles. The highest BCUT2D eigenvalue weighted by atomic mass is 35.5. The van der Waals surface area contributed by atoms with E-state index in [1.54, 1.807) is 18.0 Å². The molecule has 29 heavy (non-hydrogen) atoms. The molecule has 1 aromatic carbocycles. The van der Waals surface area contributed by atoms with Crippen LogP contribution in [0.15, 0.2) is 18.2 Å². The molecule has 0 bridgehead atoms. The Hall–Kier alpha value is -1.37. The Balaban J connectivity index is 2.12. The lowest BCUT2D eigenvalue weighted by Gasteiger charge is -2.41. The van der Waals surface area contributed by atoms with Crippen LogP contribution >= 0.6 is 11.6 Å². The molecule has 0 aromatic heterocycles. The Morgan fingerprint density at radius 3 is 2.28 bits per heavy atom. The third-order valence-electron chi connectivity index (χ3n) is 5.23. The van der Waals surface area contributed by atoms with Crippen LogP contribution < -0.4 is 0 Å². The molecule has 0 radical (unpaired) electrons. The first-order valence-corrected chi connectivity index (χ1v) is 10.7. The molecule has 0 aliphatic carbocycles. The van der Waals surface area contributed by atoms with Crippen molar-refractivity contribution in [1.29, 1.82) is 0 Å². The summed E-state index contributed by atoms with van der Waals surface area (Å²) in [5.41, 5.74) is 0.319. The molecule has 2 rings (SSSR count). The van der Waals surface area contributed by atoms with Gasteiger partial charge in [-0.1, -0.05) is 11.6 Å². The van der Waals surface area contributed by atoms with E-state index in [2.05, 4.69) is 23.6 Å². The van der Waals surface area contributed by atoms with Crippen LogP contribution in [0, 0.1) is 5.82 Å². The van der Waals surface area contributed by atoms with E-state index < -0.39 is 5.60 Å². The van der Waals surface area contributed by atoms with Crippen molar-refractivity contribution in [3.05, 3.63) is 34.6 Å². The average Bonchev–Trinajstić information content (AvgIpc) is 2.59. The highest BCUT2D eigenvalue weighted by molar-refractivity contribution is 6.30. The van der Waals surface area contributed by atoms with Crippen molar-refractivity contribution in [3.8, 4) is 0 Å². The van der Waals surface area contributed by atoms with Gasteiger partial charge in [0.1, 0.15) is 11.4 Å². The van der Waals surface area contributed by atoms with E-state index in [1.807, 2.05) is 26.8 Å². The highest BCUT2D eigenvalue weighted by Gasteiger charge is 2.28. The number of rotatable bonds is 6. The Bertz CT molecular complexity index is 665. The van der Waals surface area contributed by atoms with Crippen molar-refractivity contribution in [2.45, 2.75) is 58.7 Å². The van der Waals surface area contributed by atoms with Crippen LogP contribution in [-0.2, 0) is 4.74 Å². The molecule has 7 heteroatoms. The molecule has 1 aliphatic rings. The van der Waals surface area contributed by atoms with E-state index >= 15 is 0 Å². The molecule has 1 aromatic rings. The van der Waals surface area contributed by atoms with Crippen molar-refractivity contribution < 1.29 is 13.9 Å². The molecular weight excluding hydrogens is 393 g/mol. The zero-order chi connectivity index (χ0) is 21.8. The topological polar surface area (TPSA) is 36.0 Å². The van der Waals surface area contributed by atoms with Crippen LogP contribution in [0.2, 0.25) is 5.02 Å². The Morgan fingerprint density at radius 1 is 1.17 bits per heavy atom. The highest BCUT2D eigenvalue weighted by Crippen LogP contribution is 2.29. The first-order chi connectivity index (χ1) is 13.5. The summed E-state index contributed by atoms with van der Waals surface area (Å²) in [5, 5.41) is 0.395. The van der Waals surface area contributed by atoms with Crippen molar-refractivity contribution in [3.63, 3.8) is 0 Å². The standard InChI is InChI=1S/C22H35ClFN3O2/c1-16(2)26-9-11-27(12-10-26)20(17-13-18(23)15-19(24)14-17)7-8-25(6)21(28)29-22(3,4)5/h13-16,20H,7-12H2,1-6H3/t20-/m1/s1. The minimum atomic E-state index is -0.534. The lowest BCUT2D eigenvalue weighted by Crippen LogP contribution is -2.50. The molecule has 5 nitrogen and oxygen atoms in total. The molecule has 0 N–H and O–H groups in total. The maximum Gasteiger partial charge on any atom is 0.410 e. The van der Waals surface area contributed by atoms with Crippen LogP contribution in [0.4, 0.5) is 9.18 Å². The molecule has 1 fully saturated rings. The van der Waals surface area contributed by atoms with Gasteiger partial charge in [0.05, 0.1) is 0 Å². The second-order valence-corrected chi connectivity index (χ2v) is 9.51. The van der Waals surface area contributed by atoms with Gasteiger partial charge in [0.2, 0.25) is 0 Å². The Labute approximate surface area is 179 Å². The molecule has 1 atom stereocenters. The number of halogens is 2. The summed E-state index contributed by atoms with van der Waals surface area (Å²) in [5.74, 6) is -0.334. The van der Waals surface area contributed by atoms with Gasteiger partial charge in [0.25, 0.3) is 0 Å². The van der Waals surface area contributed by atoms with E-state index in [-0.39, 0.29) is 18.0 Å². The fraction of sp³-hybridized carbons (Fsp3) is 0.682. The Kier molecular flexibility index (Phi) is 8.32. The number of hydrogen-bond donors (Lipinski definition) is 0. The van der Waals surface area contributed by atoms with E-state index in [0.717, 1.165) is 31.7 Å². The third kappa shape index (κ3) is 7.43. The summed E-state index contributed by atoms with van der Waals surface area (Å²) >= 11 is 6.13. The smallest absolute Gasteiger partial charge is 0.410 e. The number of piperazine rings is 1. The van der Waals surface area contributed by atoms with Crippen LogP contribution in [0.3, 0.4) is 0 Å². The number of amides is 1. The molecule has 0 unspecified atom stereocenters. The minimum Gasteiger partial charge on any atom is -0.444 e. The molecule has 1 aliphatic heterocycles. The van der Waals surface area contributed by atoms with Crippen LogP contribution in [0.5, 0.6) is 0 Å².